The molecule has 4 rings (SSSR count). The van der Waals surface area contributed by atoms with Gasteiger partial charge in [-0.05, 0) is 77.3 Å². The van der Waals surface area contributed by atoms with Gasteiger partial charge in [0, 0.05) is 55.0 Å². The van der Waals surface area contributed by atoms with E-state index >= 15 is 0 Å². The Labute approximate surface area is 192 Å². The topological polar surface area (TPSA) is 62.9 Å². The van der Waals surface area contributed by atoms with E-state index in [0.29, 0.717) is 17.8 Å². The molecule has 0 aliphatic carbocycles. The van der Waals surface area contributed by atoms with E-state index in [4.69, 9.17) is 1.37 Å². The summed E-state index contributed by atoms with van der Waals surface area (Å²) in [4.78, 5) is 38.1. The molecule has 0 saturated carbocycles. The Kier molecular flexibility index (Phi) is 6.20. The maximum atomic E-state index is 13.4. The molecule has 0 unspecified atom stereocenters. The van der Waals surface area contributed by atoms with Gasteiger partial charge >= 0.3 is 0 Å². The molecule has 2 saturated heterocycles. The van der Waals surface area contributed by atoms with Crippen LogP contribution in [0.5, 0.6) is 0 Å². The van der Waals surface area contributed by atoms with Crippen molar-refractivity contribution in [2.45, 2.75) is 45.2 Å². The predicted octanol–water partition coefficient (Wildman–Crippen LogP) is 2.65. The van der Waals surface area contributed by atoms with Gasteiger partial charge in [-0.15, -0.1) is 0 Å². The highest BCUT2D eigenvalue weighted by Gasteiger charge is 2.33. The van der Waals surface area contributed by atoms with E-state index in [1.807, 2.05) is 31.7 Å². The van der Waals surface area contributed by atoms with Crippen molar-refractivity contribution in [1.29, 1.82) is 0 Å². The van der Waals surface area contributed by atoms with Crippen molar-refractivity contribution in [1.82, 2.24) is 24.6 Å². The summed E-state index contributed by atoms with van der Waals surface area (Å²) in [6.07, 6.45) is 2.71. The first-order chi connectivity index (χ1) is 15.6. The number of nitrogens with zero attached hydrogens (tertiary/aromatic N) is 4. The lowest BCUT2D eigenvalue weighted by Crippen LogP contribution is -2.57. The Balaban J connectivity index is 1.40. The molecule has 174 valence electrons. The highest BCUT2D eigenvalue weighted by atomic mass is 16.2. The van der Waals surface area contributed by atoms with E-state index in [0.717, 1.165) is 50.2 Å². The fourth-order valence-electron chi connectivity index (χ4n) is 4.82. The third kappa shape index (κ3) is 4.99. The first-order valence-corrected chi connectivity index (χ1v) is 11.7. The van der Waals surface area contributed by atoms with Gasteiger partial charge in [0.25, 0.3) is 5.91 Å². The van der Waals surface area contributed by atoms with Gasteiger partial charge in [-0.3, -0.25) is 14.5 Å². The summed E-state index contributed by atoms with van der Waals surface area (Å²) >= 11 is 0. The van der Waals surface area contributed by atoms with Crippen molar-refractivity contribution >= 4 is 22.7 Å². The van der Waals surface area contributed by atoms with Gasteiger partial charge < -0.3 is 19.7 Å². The van der Waals surface area contributed by atoms with Crippen LogP contribution in [0.2, 0.25) is 0 Å². The molecule has 0 radical (unpaired) electrons. The first-order valence-electron chi connectivity index (χ1n) is 12.2. The highest BCUT2D eigenvalue weighted by molar-refractivity contribution is 5.99. The molecule has 2 aliphatic rings. The van der Waals surface area contributed by atoms with Crippen LogP contribution in [-0.4, -0.2) is 101 Å². The van der Waals surface area contributed by atoms with Crippen molar-refractivity contribution in [2.24, 2.45) is 0 Å². The SMILES string of the molecule is [2H]c1cc2ccc(C(=O)N(CC(=O)N3CCN(C4CCN(C)CC4)CC3)C(C)(C)C)cc2[nH]1. The first kappa shape index (κ1) is 21.5. The molecule has 0 spiro atoms. The fourth-order valence-corrected chi connectivity index (χ4v) is 4.82. The van der Waals surface area contributed by atoms with Crippen LogP contribution in [0.3, 0.4) is 0 Å². The third-order valence-corrected chi connectivity index (χ3v) is 6.95. The number of likely N-dealkylation sites (tertiary alicyclic amines) is 1. The number of rotatable bonds is 4. The van der Waals surface area contributed by atoms with Gasteiger partial charge in [0.2, 0.25) is 5.91 Å². The number of piperidine rings is 1. The number of hydrogen-bond acceptors (Lipinski definition) is 4. The van der Waals surface area contributed by atoms with E-state index in [2.05, 4.69) is 21.8 Å². The van der Waals surface area contributed by atoms with Crippen molar-refractivity contribution in [2.75, 3.05) is 52.9 Å². The monoisotopic (exact) mass is 440 g/mol. The second-order valence-electron chi connectivity index (χ2n) is 10.2. The summed E-state index contributed by atoms with van der Waals surface area (Å²) in [6, 6.07) is 7.76. The second kappa shape index (κ2) is 9.24. The molecule has 1 aromatic carbocycles. The predicted molar refractivity (Wildman–Crippen MR) is 128 cm³/mol. The minimum Gasteiger partial charge on any atom is -0.361 e. The average Bonchev–Trinajstić information content (AvgIpc) is 3.16. The van der Waals surface area contributed by atoms with Crippen molar-refractivity contribution in [3.05, 3.63) is 36.0 Å². The van der Waals surface area contributed by atoms with Gasteiger partial charge in [-0.1, -0.05) is 6.07 Å². The van der Waals surface area contributed by atoms with E-state index in [-0.39, 0.29) is 18.4 Å². The number of carbonyl (C=O) groups is 2. The minimum absolute atomic E-state index is 0.00991. The quantitative estimate of drug-likeness (QED) is 0.794. The van der Waals surface area contributed by atoms with Crippen LogP contribution < -0.4 is 0 Å². The summed E-state index contributed by atoms with van der Waals surface area (Å²) in [6.45, 7) is 11.5. The second-order valence-corrected chi connectivity index (χ2v) is 10.2. The maximum absolute atomic E-state index is 13.4. The van der Waals surface area contributed by atoms with E-state index in [9.17, 15) is 9.59 Å². The number of benzene rings is 1. The number of amides is 2. The number of nitrogens with one attached hydrogen (secondary N) is 1. The van der Waals surface area contributed by atoms with Crippen LogP contribution in [-0.2, 0) is 4.79 Å². The molecule has 2 amide bonds. The lowest BCUT2D eigenvalue weighted by Gasteiger charge is -2.43. The van der Waals surface area contributed by atoms with Crippen molar-refractivity contribution in [3.63, 3.8) is 0 Å². The molecule has 1 aromatic heterocycles. The summed E-state index contributed by atoms with van der Waals surface area (Å²) in [7, 11) is 2.18. The lowest BCUT2D eigenvalue weighted by atomic mass is 10.0. The lowest BCUT2D eigenvalue weighted by molar-refractivity contribution is -0.135. The van der Waals surface area contributed by atoms with Crippen LogP contribution in [0.15, 0.2) is 30.4 Å². The van der Waals surface area contributed by atoms with Gasteiger partial charge in [0.1, 0.15) is 6.54 Å². The molecule has 7 heteroatoms. The molecule has 1 N–H and O–H groups in total. The zero-order valence-electron chi connectivity index (χ0n) is 20.9. The Bertz CT molecular complexity index is 998. The molecule has 3 heterocycles. The Morgan fingerprint density at radius 3 is 2.44 bits per heavy atom. The number of piperazine rings is 1. The maximum Gasteiger partial charge on any atom is 0.254 e. The zero-order valence-corrected chi connectivity index (χ0v) is 19.9. The molecule has 0 bridgehead atoms. The zero-order chi connectivity index (χ0) is 23.8. The Morgan fingerprint density at radius 1 is 1.09 bits per heavy atom. The third-order valence-electron chi connectivity index (χ3n) is 6.95. The number of hydrogen-bond donors (Lipinski definition) is 1. The normalized spacial score (nSPS) is 19.9. The molecule has 7 nitrogen and oxygen atoms in total. The van der Waals surface area contributed by atoms with Crippen LogP contribution in [0.1, 0.15) is 45.3 Å². The largest absolute Gasteiger partial charge is 0.361 e. The van der Waals surface area contributed by atoms with Crippen molar-refractivity contribution in [3.8, 4) is 0 Å². The van der Waals surface area contributed by atoms with Crippen LogP contribution in [0.25, 0.3) is 10.9 Å². The summed E-state index contributed by atoms with van der Waals surface area (Å²) in [5.41, 5.74) is 0.795. The van der Waals surface area contributed by atoms with E-state index in [1.165, 1.54) is 12.8 Å². The number of aromatic nitrogens is 1. The summed E-state index contributed by atoms with van der Waals surface area (Å²) < 4.78 is 7.77. The molecule has 2 aromatic rings. The smallest absolute Gasteiger partial charge is 0.254 e. The van der Waals surface area contributed by atoms with Crippen molar-refractivity contribution < 1.29 is 11.0 Å². The highest BCUT2D eigenvalue weighted by Crippen LogP contribution is 2.22. The van der Waals surface area contributed by atoms with Crippen LogP contribution in [0, 0.1) is 0 Å². The molecule has 0 atom stereocenters. The standard InChI is InChI=1S/C25H37N5O2/c1-25(2,3)30(24(32)20-6-5-19-7-10-26-22(19)17-20)18-23(31)29-15-13-28(14-16-29)21-8-11-27(4)12-9-21/h5-7,10,17,21,26H,8-9,11-16,18H2,1-4H3/i10D. The molecular weight excluding hydrogens is 402 g/mol. The fraction of sp³-hybridized carbons (Fsp3) is 0.600. The Hall–Kier alpha value is -2.38. The number of H-pyrrole nitrogens is 1. The van der Waals surface area contributed by atoms with Crippen LogP contribution in [0.4, 0.5) is 0 Å². The molecule has 2 fully saturated rings. The van der Waals surface area contributed by atoms with Gasteiger partial charge in [0.05, 0.1) is 1.37 Å². The van der Waals surface area contributed by atoms with Gasteiger partial charge in [-0.2, -0.15) is 0 Å². The average molecular weight is 441 g/mol. The van der Waals surface area contributed by atoms with Crippen LogP contribution >= 0.6 is 0 Å². The number of carbonyl (C=O) groups excluding carboxylic acids is 2. The Morgan fingerprint density at radius 2 is 1.78 bits per heavy atom. The van der Waals surface area contributed by atoms with Gasteiger partial charge in [0.15, 0.2) is 0 Å². The summed E-state index contributed by atoms with van der Waals surface area (Å²) in [5.74, 6) is -0.153. The minimum atomic E-state index is -0.492. The summed E-state index contributed by atoms with van der Waals surface area (Å²) in [5, 5.41) is 0.900. The van der Waals surface area contributed by atoms with Gasteiger partial charge in [-0.25, -0.2) is 0 Å². The number of fused-ring (bicyclic) bond motifs is 1. The van der Waals surface area contributed by atoms with E-state index in [1.54, 1.807) is 23.1 Å². The molecule has 32 heavy (non-hydrogen) atoms. The van der Waals surface area contributed by atoms with E-state index < -0.39 is 5.54 Å². The number of aromatic amines is 1. The molecular formula is C25H37N5O2. The molecule has 2 aliphatic heterocycles.